The first-order chi connectivity index (χ1) is 3.56. The van der Waals surface area contributed by atoms with E-state index in [9.17, 15) is 4.57 Å². The first-order valence-corrected chi connectivity index (χ1v) is 4.95. The zero-order valence-corrected chi connectivity index (χ0v) is 6.34. The van der Waals surface area contributed by atoms with Crippen LogP contribution in [0, 0.1) is 0 Å². The molecule has 0 aromatic heterocycles. The first-order valence-electron chi connectivity index (χ1n) is 2.12. The lowest BCUT2D eigenvalue weighted by molar-refractivity contribution is 0.575. The number of nitrogens with one attached hydrogen (secondary N) is 1. The van der Waals surface area contributed by atoms with E-state index in [4.69, 9.17) is 11.0 Å². The second-order valence-corrected chi connectivity index (χ2v) is 4.25. The molecule has 0 aliphatic rings. The molecule has 6 heteroatoms. The quantitative estimate of drug-likeness (QED) is 0.402. The second kappa shape index (κ2) is 3.48. The first kappa shape index (κ1) is 8.46. The molecular weight excluding hydrogens is 145 g/mol. The van der Waals surface area contributed by atoms with E-state index in [0.717, 1.165) is 5.75 Å². The van der Waals surface area contributed by atoms with Crippen LogP contribution in [0.15, 0.2) is 0 Å². The molecule has 0 bridgehead atoms. The van der Waals surface area contributed by atoms with Crippen molar-refractivity contribution in [1.82, 2.24) is 4.49 Å². The Bertz CT molecular complexity index is 101. The lowest BCUT2D eigenvalue weighted by Crippen LogP contribution is -2.16. The molecule has 0 aliphatic carbocycles. The highest BCUT2D eigenvalue weighted by Crippen LogP contribution is 2.21. The zero-order chi connectivity index (χ0) is 6.62. The van der Waals surface area contributed by atoms with Gasteiger partial charge >= 0.3 is 0 Å². The summed E-state index contributed by atoms with van der Waals surface area (Å²) >= 11 is 1.25. The lowest BCUT2D eigenvalue weighted by atomic mass is 11.0. The molecule has 0 spiro atoms. The summed E-state index contributed by atoms with van der Waals surface area (Å²) in [4.78, 5) is 0. The third-order valence-electron chi connectivity index (χ3n) is 0.352. The largest absolute Gasteiger partial charge is 0.283 e. The fourth-order valence-electron chi connectivity index (χ4n) is 0.165. The van der Waals surface area contributed by atoms with Crippen LogP contribution in [-0.2, 0) is 4.57 Å². The summed E-state index contributed by atoms with van der Waals surface area (Å²) in [7, 11) is -2.97. The Morgan fingerprint density at radius 2 is 2.25 bits per heavy atom. The van der Waals surface area contributed by atoms with E-state index in [1.165, 1.54) is 11.9 Å². The Balaban J connectivity index is 3.26. The van der Waals surface area contributed by atoms with Gasteiger partial charge in [0.15, 0.2) is 0 Å². The minimum absolute atomic E-state index is 0.804. The van der Waals surface area contributed by atoms with Gasteiger partial charge in [-0.3, -0.25) is 15.6 Å². The van der Waals surface area contributed by atoms with Crippen LogP contribution in [0.5, 0.6) is 0 Å². The minimum Gasteiger partial charge on any atom is -0.271 e. The average molecular weight is 155 g/mol. The number of rotatable bonds is 3. The van der Waals surface area contributed by atoms with E-state index in [1.807, 2.05) is 6.92 Å². The normalized spacial score (nSPS) is 11.9. The molecule has 0 saturated carbocycles. The van der Waals surface area contributed by atoms with Crippen LogP contribution in [0.25, 0.3) is 0 Å². The van der Waals surface area contributed by atoms with E-state index >= 15 is 0 Å². The third-order valence-corrected chi connectivity index (χ3v) is 2.30. The molecule has 0 saturated heterocycles. The van der Waals surface area contributed by atoms with Gasteiger partial charge in [-0.1, -0.05) is 18.9 Å². The maximum atomic E-state index is 10.4. The van der Waals surface area contributed by atoms with Gasteiger partial charge in [0, 0.05) is 5.75 Å². The van der Waals surface area contributed by atoms with Gasteiger partial charge in [0.05, 0.1) is 0 Å². The molecule has 0 heterocycles. The van der Waals surface area contributed by atoms with Gasteiger partial charge in [0.25, 0.3) is 7.59 Å². The number of nitrogens with two attached hydrogens (primary N) is 2. The predicted octanol–water partition coefficient (Wildman–Crippen LogP) is 0.270. The Hall–Kier alpha value is 0.460. The molecule has 5 N–H and O–H groups in total. The van der Waals surface area contributed by atoms with Crippen LogP contribution in [0.2, 0.25) is 0 Å². The van der Waals surface area contributed by atoms with E-state index < -0.39 is 7.59 Å². The van der Waals surface area contributed by atoms with E-state index in [2.05, 4.69) is 4.49 Å². The smallest absolute Gasteiger partial charge is 0.271 e. The topological polar surface area (TPSA) is 81.1 Å². The molecule has 0 rings (SSSR count). The second-order valence-electron chi connectivity index (χ2n) is 1.23. The zero-order valence-electron chi connectivity index (χ0n) is 4.63. The fraction of sp³-hybridized carbons (Fsp3) is 1.00. The van der Waals surface area contributed by atoms with Crippen molar-refractivity contribution in [1.29, 1.82) is 0 Å². The monoisotopic (exact) mass is 155 g/mol. The summed E-state index contributed by atoms with van der Waals surface area (Å²) in [5.41, 5.74) is 9.85. The van der Waals surface area contributed by atoms with Gasteiger partial charge in [-0.25, -0.2) is 0 Å². The number of hydrogen-bond acceptors (Lipinski definition) is 2. The standard InChI is InChI=1S/C2H10N3OPS/c1-2-8-5-7(3,4)6/h2H2,1H3,(H5,3,4,5,6). The highest BCUT2D eigenvalue weighted by Gasteiger charge is 2.03. The van der Waals surface area contributed by atoms with Gasteiger partial charge in [-0.15, -0.1) is 0 Å². The van der Waals surface area contributed by atoms with Gasteiger partial charge in [-0.2, -0.15) is 4.49 Å². The highest BCUT2D eigenvalue weighted by molar-refractivity contribution is 8.02. The van der Waals surface area contributed by atoms with Gasteiger partial charge in [0.1, 0.15) is 0 Å². The predicted molar refractivity (Wildman–Crippen MR) is 37.2 cm³/mol. The van der Waals surface area contributed by atoms with Crippen molar-refractivity contribution in [3.05, 3.63) is 0 Å². The number of hydrogen-bond donors (Lipinski definition) is 3. The van der Waals surface area contributed by atoms with Crippen molar-refractivity contribution < 1.29 is 4.57 Å². The van der Waals surface area contributed by atoms with Gasteiger partial charge in [0.2, 0.25) is 0 Å². The third kappa shape index (κ3) is 6.46. The molecule has 8 heavy (non-hydrogen) atoms. The Labute approximate surface area is 53.1 Å². The SMILES string of the molecule is CCSNP(N)(N)=O. The Kier molecular flexibility index (Phi) is 3.68. The minimum atomic E-state index is -2.97. The van der Waals surface area contributed by atoms with Crippen LogP contribution < -0.4 is 15.5 Å². The van der Waals surface area contributed by atoms with Crippen molar-refractivity contribution in [2.24, 2.45) is 11.0 Å². The Morgan fingerprint density at radius 3 is 2.38 bits per heavy atom. The molecule has 0 unspecified atom stereocenters. The molecule has 0 amide bonds. The molecule has 0 radical (unpaired) electrons. The van der Waals surface area contributed by atoms with Crippen LogP contribution in [0.4, 0.5) is 0 Å². The highest BCUT2D eigenvalue weighted by atomic mass is 32.2. The Morgan fingerprint density at radius 1 is 1.75 bits per heavy atom. The van der Waals surface area contributed by atoms with Crippen LogP contribution in [0.3, 0.4) is 0 Å². The molecular formula is C2H10N3OPS. The van der Waals surface area contributed by atoms with Crippen LogP contribution >= 0.6 is 19.5 Å². The molecule has 0 aliphatic heterocycles. The van der Waals surface area contributed by atoms with Crippen molar-refractivity contribution >= 4 is 19.5 Å². The van der Waals surface area contributed by atoms with Crippen molar-refractivity contribution in [3.63, 3.8) is 0 Å². The van der Waals surface area contributed by atoms with Crippen LogP contribution in [0.1, 0.15) is 6.92 Å². The van der Waals surface area contributed by atoms with E-state index in [1.54, 1.807) is 0 Å². The summed E-state index contributed by atoms with van der Waals surface area (Å²) in [6.07, 6.45) is 0. The molecule has 50 valence electrons. The summed E-state index contributed by atoms with van der Waals surface area (Å²) in [6.45, 7) is 1.91. The van der Waals surface area contributed by atoms with Crippen molar-refractivity contribution in [2.75, 3.05) is 5.75 Å². The summed E-state index contributed by atoms with van der Waals surface area (Å²) in [5.74, 6) is 0.804. The molecule has 4 nitrogen and oxygen atoms in total. The van der Waals surface area contributed by atoms with Crippen molar-refractivity contribution in [2.45, 2.75) is 6.92 Å². The molecule has 0 atom stereocenters. The maximum Gasteiger partial charge on any atom is 0.283 e. The summed E-state index contributed by atoms with van der Waals surface area (Å²) in [6, 6.07) is 0. The van der Waals surface area contributed by atoms with E-state index in [-0.39, 0.29) is 0 Å². The molecule has 0 aromatic rings. The van der Waals surface area contributed by atoms with Gasteiger partial charge in [-0.05, 0) is 0 Å². The van der Waals surface area contributed by atoms with Crippen LogP contribution in [-0.4, -0.2) is 5.75 Å². The molecule has 0 fully saturated rings. The summed E-state index contributed by atoms with van der Waals surface area (Å²) in [5, 5.41) is 0. The average Bonchev–Trinajstić information content (AvgIpc) is 1.59. The maximum absolute atomic E-state index is 10.4. The molecule has 0 aromatic carbocycles. The fourth-order valence-corrected chi connectivity index (χ4v) is 1.49. The van der Waals surface area contributed by atoms with E-state index in [0.29, 0.717) is 0 Å². The van der Waals surface area contributed by atoms with Gasteiger partial charge < -0.3 is 0 Å². The van der Waals surface area contributed by atoms with Crippen molar-refractivity contribution in [3.8, 4) is 0 Å². The summed E-state index contributed by atoms with van der Waals surface area (Å²) < 4.78 is 12.8. The lowest BCUT2D eigenvalue weighted by Gasteiger charge is -2.04.